The summed E-state index contributed by atoms with van der Waals surface area (Å²) in [7, 11) is 1.56. The number of ether oxygens (including phenoxy) is 1. The van der Waals surface area contributed by atoms with Crippen molar-refractivity contribution < 1.29 is 9.53 Å². The van der Waals surface area contributed by atoms with Crippen molar-refractivity contribution in [2.24, 2.45) is 0 Å². The Morgan fingerprint density at radius 2 is 1.92 bits per heavy atom. The predicted molar refractivity (Wildman–Crippen MR) is 98.5 cm³/mol. The minimum absolute atomic E-state index is 0.276. The van der Waals surface area contributed by atoms with Gasteiger partial charge in [0.1, 0.15) is 11.6 Å². The van der Waals surface area contributed by atoms with Crippen molar-refractivity contribution in [3.8, 4) is 5.75 Å². The number of halogens is 3. The molecule has 126 valence electrons. The predicted octanol–water partition coefficient (Wildman–Crippen LogP) is 4.06. The second-order valence-electron chi connectivity index (χ2n) is 4.71. The molecular weight excluding hydrogens is 373 g/mol. The van der Waals surface area contributed by atoms with Crippen molar-refractivity contribution in [1.29, 1.82) is 0 Å². The topological polar surface area (TPSA) is 77.2 Å². The van der Waals surface area contributed by atoms with Gasteiger partial charge in [-0.3, -0.25) is 4.79 Å². The molecule has 0 unspecified atom stereocenters. The maximum atomic E-state index is 12.1. The van der Waals surface area contributed by atoms with Crippen LogP contribution in [0.5, 0.6) is 5.75 Å². The molecule has 0 saturated heterocycles. The molecule has 0 saturated carbocycles. The van der Waals surface area contributed by atoms with Crippen molar-refractivity contribution in [2.45, 2.75) is 3.79 Å². The molecule has 1 heterocycles. The smallest absolute Gasteiger partial charge is 0.252 e. The highest BCUT2D eigenvalue weighted by molar-refractivity contribution is 6.77. The minimum Gasteiger partial charge on any atom is -0.497 e. The fourth-order valence-electron chi connectivity index (χ4n) is 1.84. The first-order valence-electron chi connectivity index (χ1n) is 6.76. The number of benzene rings is 1. The van der Waals surface area contributed by atoms with E-state index < -0.39 is 9.58 Å². The minimum atomic E-state index is -2.06. The molecule has 2 rings (SSSR count). The van der Waals surface area contributed by atoms with E-state index in [9.17, 15) is 4.79 Å². The molecule has 0 radical (unpaired) electrons. The standard InChI is InChI=1S/C16H14Cl3N3O2/c1-24-11-6-4-10(5-7-11)13(9-14(23)16(17,18)19)22-12-3-2-8-21-15(12)20/h2-9,22H,1H3,(H2,20,21)/b13-9+. The summed E-state index contributed by atoms with van der Waals surface area (Å²) in [5.74, 6) is 0.262. The van der Waals surface area contributed by atoms with Crippen LogP contribution in [-0.4, -0.2) is 21.7 Å². The summed E-state index contributed by atoms with van der Waals surface area (Å²) < 4.78 is 3.07. The zero-order chi connectivity index (χ0) is 17.7. The lowest BCUT2D eigenvalue weighted by Crippen LogP contribution is -2.17. The van der Waals surface area contributed by atoms with Gasteiger partial charge in [0.25, 0.3) is 3.79 Å². The van der Waals surface area contributed by atoms with E-state index >= 15 is 0 Å². The van der Waals surface area contributed by atoms with Crippen molar-refractivity contribution >= 4 is 57.8 Å². The van der Waals surface area contributed by atoms with Gasteiger partial charge in [-0.1, -0.05) is 34.8 Å². The highest BCUT2D eigenvalue weighted by Gasteiger charge is 2.29. The van der Waals surface area contributed by atoms with Gasteiger partial charge in [0.05, 0.1) is 12.8 Å². The molecule has 1 aromatic heterocycles. The van der Waals surface area contributed by atoms with Gasteiger partial charge < -0.3 is 15.8 Å². The molecule has 0 spiro atoms. The molecule has 0 fully saturated rings. The molecule has 0 aliphatic rings. The van der Waals surface area contributed by atoms with Crippen LogP contribution in [0.1, 0.15) is 5.56 Å². The number of aromatic nitrogens is 1. The Morgan fingerprint density at radius 3 is 2.46 bits per heavy atom. The molecule has 0 amide bonds. The van der Waals surface area contributed by atoms with Crippen molar-refractivity contribution in [3.63, 3.8) is 0 Å². The van der Waals surface area contributed by atoms with Crippen LogP contribution in [0.3, 0.4) is 0 Å². The first-order chi connectivity index (χ1) is 11.3. The number of pyridine rings is 1. The largest absolute Gasteiger partial charge is 0.497 e. The lowest BCUT2D eigenvalue weighted by molar-refractivity contribution is -0.113. The van der Waals surface area contributed by atoms with Crippen molar-refractivity contribution in [3.05, 3.63) is 54.2 Å². The zero-order valence-electron chi connectivity index (χ0n) is 12.6. The third-order valence-electron chi connectivity index (χ3n) is 3.06. The van der Waals surface area contributed by atoms with Crippen LogP contribution in [0, 0.1) is 0 Å². The molecule has 2 aromatic rings. The van der Waals surface area contributed by atoms with Gasteiger partial charge in [0.15, 0.2) is 0 Å². The van der Waals surface area contributed by atoms with E-state index in [1.165, 1.54) is 6.08 Å². The number of hydrogen-bond donors (Lipinski definition) is 2. The molecule has 0 aliphatic heterocycles. The Hall–Kier alpha value is -1.95. The molecule has 3 N–H and O–H groups in total. The number of anilines is 2. The first-order valence-corrected chi connectivity index (χ1v) is 7.89. The maximum Gasteiger partial charge on any atom is 0.252 e. The fourth-order valence-corrected chi connectivity index (χ4v) is 2.01. The molecular formula is C16H14Cl3N3O2. The van der Waals surface area contributed by atoms with Gasteiger partial charge in [0, 0.05) is 18.0 Å². The molecule has 1 aromatic carbocycles. The Kier molecular flexibility index (Phi) is 5.94. The number of rotatable bonds is 5. The molecule has 0 bridgehead atoms. The number of nitrogen functional groups attached to an aromatic ring is 1. The number of carbonyl (C=O) groups is 1. The summed E-state index contributed by atoms with van der Waals surface area (Å²) >= 11 is 16.9. The summed E-state index contributed by atoms with van der Waals surface area (Å²) in [5.41, 5.74) is 7.44. The summed E-state index contributed by atoms with van der Waals surface area (Å²) in [4.78, 5) is 16.0. The van der Waals surface area contributed by atoms with Crippen LogP contribution in [0.15, 0.2) is 48.7 Å². The van der Waals surface area contributed by atoms with E-state index in [1.54, 1.807) is 49.7 Å². The number of ketones is 1. The summed E-state index contributed by atoms with van der Waals surface area (Å²) in [5, 5.41) is 3.04. The second-order valence-corrected chi connectivity index (χ2v) is 6.99. The second kappa shape index (κ2) is 7.75. The number of nitrogens with one attached hydrogen (secondary N) is 1. The number of allylic oxidation sites excluding steroid dienone is 1. The van der Waals surface area contributed by atoms with Crippen LogP contribution in [0.4, 0.5) is 11.5 Å². The molecule has 0 aliphatic carbocycles. The van der Waals surface area contributed by atoms with Crippen LogP contribution in [0.25, 0.3) is 5.70 Å². The molecule has 5 nitrogen and oxygen atoms in total. The molecule has 24 heavy (non-hydrogen) atoms. The zero-order valence-corrected chi connectivity index (χ0v) is 14.9. The van der Waals surface area contributed by atoms with Gasteiger partial charge in [-0.15, -0.1) is 0 Å². The van der Waals surface area contributed by atoms with E-state index in [0.717, 1.165) is 0 Å². The van der Waals surface area contributed by atoms with Crippen molar-refractivity contribution in [2.75, 3.05) is 18.2 Å². The van der Waals surface area contributed by atoms with Crippen LogP contribution in [-0.2, 0) is 4.79 Å². The number of nitrogens with zero attached hydrogens (tertiary/aromatic N) is 1. The van der Waals surface area contributed by atoms with E-state index in [0.29, 0.717) is 22.7 Å². The molecule has 0 atom stereocenters. The highest BCUT2D eigenvalue weighted by Crippen LogP contribution is 2.30. The van der Waals surface area contributed by atoms with E-state index in [1.807, 2.05) is 0 Å². The van der Waals surface area contributed by atoms with E-state index in [-0.39, 0.29) is 5.82 Å². The van der Waals surface area contributed by atoms with Crippen molar-refractivity contribution in [1.82, 2.24) is 4.98 Å². The van der Waals surface area contributed by atoms with E-state index in [4.69, 9.17) is 45.3 Å². The summed E-state index contributed by atoms with van der Waals surface area (Å²) in [6.07, 6.45) is 2.77. The fraction of sp³-hybridized carbons (Fsp3) is 0.125. The maximum absolute atomic E-state index is 12.1. The van der Waals surface area contributed by atoms with Crippen LogP contribution < -0.4 is 15.8 Å². The van der Waals surface area contributed by atoms with Gasteiger partial charge in [-0.05, 0) is 42.0 Å². The average Bonchev–Trinajstić information content (AvgIpc) is 2.55. The average molecular weight is 387 g/mol. The Morgan fingerprint density at radius 1 is 1.25 bits per heavy atom. The number of carbonyl (C=O) groups excluding carboxylic acids is 1. The van der Waals surface area contributed by atoms with Gasteiger partial charge in [-0.25, -0.2) is 4.98 Å². The number of hydrogen-bond acceptors (Lipinski definition) is 5. The third-order valence-corrected chi connectivity index (χ3v) is 3.62. The summed E-state index contributed by atoms with van der Waals surface area (Å²) in [6, 6.07) is 10.4. The Labute approximate surface area is 154 Å². The SMILES string of the molecule is COc1ccc(/C(=C\C(=O)C(Cl)(Cl)Cl)Nc2cccnc2N)cc1. The molecule has 8 heteroatoms. The first kappa shape index (κ1) is 18.4. The van der Waals surface area contributed by atoms with Crippen LogP contribution in [0.2, 0.25) is 0 Å². The number of nitrogens with two attached hydrogens (primary N) is 1. The normalized spacial score (nSPS) is 11.9. The lowest BCUT2D eigenvalue weighted by atomic mass is 10.1. The third kappa shape index (κ3) is 4.77. The van der Waals surface area contributed by atoms with Crippen LogP contribution >= 0.6 is 34.8 Å². The monoisotopic (exact) mass is 385 g/mol. The summed E-state index contributed by atoms with van der Waals surface area (Å²) in [6.45, 7) is 0. The number of alkyl halides is 3. The van der Waals surface area contributed by atoms with E-state index in [2.05, 4.69) is 10.3 Å². The van der Waals surface area contributed by atoms with Gasteiger partial charge in [-0.2, -0.15) is 0 Å². The Bertz CT molecular complexity index is 756. The lowest BCUT2D eigenvalue weighted by Gasteiger charge is -2.14. The Balaban J connectivity index is 2.42. The van der Waals surface area contributed by atoms with Gasteiger partial charge in [0.2, 0.25) is 5.78 Å². The van der Waals surface area contributed by atoms with Gasteiger partial charge >= 0.3 is 0 Å². The number of methoxy groups -OCH3 is 1. The quantitative estimate of drug-likeness (QED) is 0.598. The highest BCUT2D eigenvalue weighted by atomic mass is 35.6.